The Labute approximate surface area is 145 Å². The number of fused-ring (bicyclic) bond motifs is 1. The van der Waals surface area contributed by atoms with E-state index in [4.69, 9.17) is 9.47 Å². The van der Waals surface area contributed by atoms with Gasteiger partial charge in [0.05, 0.1) is 24.3 Å². The first-order valence-electron chi connectivity index (χ1n) is 7.81. The van der Waals surface area contributed by atoms with E-state index >= 15 is 0 Å². The molecule has 1 atom stereocenters. The van der Waals surface area contributed by atoms with Gasteiger partial charge in [0.1, 0.15) is 11.5 Å². The number of hydrogen-bond donors (Lipinski definition) is 0. The smallest absolute Gasteiger partial charge is 0.346 e. The van der Waals surface area contributed by atoms with Crippen molar-refractivity contribution in [2.75, 3.05) is 7.11 Å². The maximum absolute atomic E-state index is 11.4. The average molecular weight is 338 g/mol. The number of nitrogens with zero attached hydrogens (tertiary/aromatic N) is 2. The minimum atomic E-state index is -0.674. The Hall–Kier alpha value is -3.15. The zero-order chi connectivity index (χ0) is 17.8. The third kappa shape index (κ3) is 4.03. The summed E-state index contributed by atoms with van der Waals surface area (Å²) in [5.41, 5.74) is 2.73. The Morgan fingerprint density at radius 2 is 1.76 bits per heavy atom. The molecule has 6 nitrogen and oxygen atoms in total. The molecule has 0 saturated carbocycles. The van der Waals surface area contributed by atoms with Crippen LogP contribution in [0.1, 0.15) is 12.5 Å². The topological polar surface area (TPSA) is 70.5 Å². The van der Waals surface area contributed by atoms with Gasteiger partial charge in [0, 0.05) is 0 Å². The number of ether oxygens (including phenoxy) is 3. The van der Waals surface area contributed by atoms with Crippen molar-refractivity contribution in [2.45, 2.75) is 20.0 Å². The number of esters is 1. The lowest BCUT2D eigenvalue weighted by atomic mass is 10.2. The van der Waals surface area contributed by atoms with Gasteiger partial charge in [0.15, 0.2) is 6.10 Å². The van der Waals surface area contributed by atoms with Crippen LogP contribution in [0.25, 0.3) is 11.0 Å². The van der Waals surface area contributed by atoms with Gasteiger partial charge in [-0.05, 0) is 55.8 Å². The van der Waals surface area contributed by atoms with E-state index in [1.807, 2.05) is 25.1 Å². The molecule has 0 aliphatic carbocycles. The first kappa shape index (κ1) is 16.7. The Morgan fingerprint density at radius 1 is 1.04 bits per heavy atom. The van der Waals surface area contributed by atoms with E-state index in [1.165, 1.54) is 7.11 Å². The van der Waals surface area contributed by atoms with Crippen LogP contribution < -0.4 is 9.47 Å². The van der Waals surface area contributed by atoms with E-state index in [2.05, 4.69) is 14.7 Å². The summed E-state index contributed by atoms with van der Waals surface area (Å²) in [4.78, 5) is 20.2. The second kappa shape index (κ2) is 7.17. The first-order valence-corrected chi connectivity index (χ1v) is 7.81. The number of aromatic nitrogens is 2. The number of benzene rings is 2. The highest BCUT2D eigenvalue weighted by Crippen LogP contribution is 2.24. The van der Waals surface area contributed by atoms with Gasteiger partial charge < -0.3 is 14.2 Å². The monoisotopic (exact) mass is 338 g/mol. The van der Waals surface area contributed by atoms with Gasteiger partial charge in [-0.25, -0.2) is 14.8 Å². The van der Waals surface area contributed by atoms with Crippen LogP contribution in [0.3, 0.4) is 0 Å². The van der Waals surface area contributed by atoms with Gasteiger partial charge in [0.2, 0.25) is 5.88 Å². The molecule has 3 rings (SSSR count). The largest absolute Gasteiger partial charge is 0.479 e. The van der Waals surface area contributed by atoms with E-state index < -0.39 is 12.1 Å². The van der Waals surface area contributed by atoms with Crippen molar-refractivity contribution in [1.29, 1.82) is 0 Å². The van der Waals surface area contributed by atoms with Crippen molar-refractivity contribution < 1.29 is 19.0 Å². The summed E-state index contributed by atoms with van der Waals surface area (Å²) in [5, 5.41) is 0. The number of carbonyl (C=O) groups is 1. The van der Waals surface area contributed by atoms with E-state index in [0.717, 1.165) is 16.6 Å². The lowest BCUT2D eigenvalue weighted by Gasteiger charge is -2.12. The molecule has 128 valence electrons. The van der Waals surface area contributed by atoms with Gasteiger partial charge >= 0.3 is 5.97 Å². The molecule has 3 aromatic rings. The molecule has 0 amide bonds. The molecule has 0 radical (unpaired) electrons. The fourth-order valence-corrected chi connectivity index (χ4v) is 2.28. The van der Waals surface area contributed by atoms with E-state index in [9.17, 15) is 4.79 Å². The summed E-state index contributed by atoms with van der Waals surface area (Å²) < 4.78 is 15.8. The molecule has 1 heterocycles. The average Bonchev–Trinajstić information content (AvgIpc) is 2.62. The molecule has 0 fully saturated rings. The van der Waals surface area contributed by atoms with Gasteiger partial charge in [-0.15, -0.1) is 0 Å². The van der Waals surface area contributed by atoms with Crippen LogP contribution in [0.4, 0.5) is 0 Å². The lowest BCUT2D eigenvalue weighted by Crippen LogP contribution is -2.24. The summed E-state index contributed by atoms with van der Waals surface area (Å²) in [6.07, 6.45) is 0.914. The van der Waals surface area contributed by atoms with Crippen LogP contribution in [0.15, 0.2) is 48.7 Å². The molecule has 0 spiro atoms. The zero-order valence-corrected chi connectivity index (χ0v) is 14.2. The number of aryl methyl sites for hydroxylation is 1. The number of carbonyl (C=O) groups excluding carboxylic acids is 1. The van der Waals surface area contributed by atoms with Crippen molar-refractivity contribution in [2.24, 2.45) is 0 Å². The molecule has 0 aliphatic heterocycles. The summed E-state index contributed by atoms with van der Waals surface area (Å²) in [6, 6.07) is 12.8. The number of methoxy groups -OCH3 is 1. The highest BCUT2D eigenvalue weighted by molar-refractivity contribution is 5.75. The molecule has 2 aromatic carbocycles. The van der Waals surface area contributed by atoms with Crippen molar-refractivity contribution in [3.05, 3.63) is 54.2 Å². The third-order valence-corrected chi connectivity index (χ3v) is 3.57. The Kier molecular flexibility index (Phi) is 4.79. The van der Waals surface area contributed by atoms with E-state index in [0.29, 0.717) is 17.4 Å². The minimum Gasteiger partial charge on any atom is -0.479 e. The van der Waals surface area contributed by atoms with Crippen molar-refractivity contribution >= 4 is 17.0 Å². The van der Waals surface area contributed by atoms with Crippen LogP contribution in [-0.4, -0.2) is 29.2 Å². The van der Waals surface area contributed by atoms with Crippen LogP contribution >= 0.6 is 0 Å². The highest BCUT2D eigenvalue weighted by atomic mass is 16.6. The summed E-state index contributed by atoms with van der Waals surface area (Å²) in [5.74, 6) is 1.12. The number of rotatable bonds is 5. The fourth-order valence-electron chi connectivity index (χ4n) is 2.28. The second-order valence-electron chi connectivity index (χ2n) is 5.56. The van der Waals surface area contributed by atoms with Gasteiger partial charge in [0.25, 0.3) is 0 Å². The van der Waals surface area contributed by atoms with Crippen LogP contribution in [0.2, 0.25) is 0 Å². The summed E-state index contributed by atoms with van der Waals surface area (Å²) in [6.45, 7) is 3.64. The highest BCUT2D eigenvalue weighted by Gasteiger charge is 2.14. The predicted molar refractivity (Wildman–Crippen MR) is 92.9 cm³/mol. The third-order valence-electron chi connectivity index (χ3n) is 3.57. The van der Waals surface area contributed by atoms with Crippen molar-refractivity contribution in [3.63, 3.8) is 0 Å². The quantitative estimate of drug-likeness (QED) is 0.661. The van der Waals surface area contributed by atoms with E-state index in [1.54, 1.807) is 37.4 Å². The molecule has 1 unspecified atom stereocenters. The Morgan fingerprint density at radius 3 is 2.48 bits per heavy atom. The molecule has 1 aromatic heterocycles. The van der Waals surface area contributed by atoms with Crippen molar-refractivity contribution in [3.8, 4) is 17.4 Å². The SMILES string of the molecule is COC(=O)C(C)Oc1ccc(Oc2cnc3cc(C)ccc3n2)cc1. The van der Waals surface area contributed by atoms with Gasteiger partial charge in [-0.3, -0.25) is 0 Å². The summed E-state index contributed by atoms with van der Waals surface area (Å²) >= 11 is 0. The maximum atomic E-state index is 11.4. The van der Waals surface area contributed by atoms with Crippen molar-refractivity contribution in [1.82, 2.24) is 9.97 Å². The molecule has 0 saturated heterocycles. The Balaban J connectivity index is 1.71. The Bertz CT molecular complexity index is 894. The molecular formula is C19H18N2O4. The standard InChI is InChI=1S/C19H18N2O4/c1-12-4-9-16-17(10-12)20-11-18(21-16)25-15-7-5-14(6-8-15)24-13(2)19(22)23-3/h4-11,13H,1-3H3. The first-order chi connectivity index (χ1) is 12.0. The fraction of sp³-hybridized carbons (Fsp3) is 0.211. The molecular weight excluding hydrogens is 320 g/mol. The van der Waals surface area contributed by atoms with Crippen LogP contribution in [0, 0.1) is 6.92 Å². The van der Waals surface area contributed by atoms with E-state index in [-0.39, 0.29) is 0 Å². The maximum Gasteiger partial charge on any atom is 0.346 e. The number of hydrogen-bond acceptors (Lipinski definition) is 6. The second-order valence-corrected chi connectivity index (χ2v) is 5.56. The van der Waals surface area contributed by atoms with Crippen LogP contribution in [0.5, 0.6) is 17.4 Å². The molecule has 0 aliphatic rings. The minimum absolute atomic E-state index is 0.410. The predicted octanol–water partition coefficient (Wildman–Crippen LogP) is 3.67. The van der Waals surface area contributed by atoms with Gasteiger partial charge in [-0.2, -0.15) is 0 Å². The molecule has 0 N–H and O–H groups in total. The summed E-state index contributed by atoms with van der Waals surface area (Å²) in [7, 11) is 1.32. The molecule has 0 bridgehead atoms. The zero-order valence-electron chi connectivity index (χ0n) is 14.2. The van der Waals surface area contributed by atoms with Crippen LogP contribution in [-0.2, 0) is 9.53 Å². The van der Waals surface area contributed by atoms with Gasteiger partial charge in [-0.1, -0.05) is 6.07 Å². The lowest BCUT2D eigenvalue weighted by molar-refractivity contribution is -0.147. The normalized spacial score (nSPS) is 11.8. The molecule has 6 heteroatoms. The molecule has 25 heavy (non-hydrogen) atoms.